The Labute approximate surface area is 135 Å². The molecule has 0 unspecified atom stereocenters. The number of esters is 1. The number of ether oxygens (including phenoxy) is 1. The summed E-state index contributed by atoms with van der Waals surface area (Å²) in [6, 6.07) is 11.8. The molecule has 2 aromatic carbocycles. The van der Waals surface area contributed by atoms with Gasteiger partial charge in [0.15, 0.2) is 0 Å². The molecule has 0 atom stereocenters. The van der Waals surface area contributed by atoms with E-state index in [2.05, 4.69) is 6.58 Å². The van der Waals surface area contributed by atoms with Crippen LogP contribution in [0.5, 0.6) is 5.75 Å². The van der Waals surface area contributed by atoms with Gasteiger partial charge >= 0.3 is 5.97 Å². The third-order valence-electron chi connectivity index (χ3n) is 3.39. The third kappa shape index (κ3) is 4.50. The van der Waals surface area contributed by atoms with Crippen molar-refractivity contribution in [2.75, 3.05) is 6.61 Å². The highest BCUT2D eigenvalue weighted by molar-refractivity contribution is 5.88. The number of rotatable bonds is 6. The molecule has 0 saturated heterocycles. The molecule has 1 N–H and O–H groups in total. The van der Waals surface area contributed by atoms with Gasteiger partial charge in [-0.15, -0.1) is 0 Å². The summed E-state index contributed by atoms with van der Waals surface area (Å²) < 4.78 is 19.3. The van der Waals surface area contributed by atoms with Crippen LogP contribution in [-0.2, 0) is 11.2 Å². The molecule has 23 heavy (non-hydrogen) atoms. The number of halogens is 1. The predicted molar refractivity (Wildman–Crippen MR) is 87.7 cm³/mol. The summed E-state index contributed by atoms with van der Waals surface area (Å²) in [5, 5.41) is 8.83. The first-order chi connectivity index (χ1) is 11.0. The summed E-state index contributed by atoms with van der Waals surface area (Å²) in [6.07, 6.45) is 1.49. The minimum Gasteiger partial charge on any atom is -0.423 e. The van der Waals surface area contributed by atoms with Crippen LogP contribution < -0.4 is 4.74 Å². The zero-order chi connectivity index (χ0) is 16.8. The van der Waals surface area contributed by atoms with Crippen molar-refractivity contribution < 1.29 is 19.0 Å². The van der Waals surface area contributed by atoms with Crippen molar-refractivity contribution in [3.63, 3.8) is 0 Å². The van der Waals surface area contributed by atoms with Crippen LogP contribution in [0.3, 0.4) is 0 Å². The minimum atomic E-state index is -0.578. The number of aliphatic hydroxyl groups is 1. The maximum atomic E-state index is 14.2. The van der Waals surface area contributed by atoms with Crippen LogP contribution in [-0.4, -0.2) is 17.7 Å². The molecule has 0 aromatic heterocycles. The molecule has 120 valence electrons. The van der Waals surface area contributed by atoms with Crippen LogP contribution in [0.25, 0.3) is 11.1 Å². The normalized spacial score (nSPS) is 10.4. The average molecular weight is 314 g/mol. The molecule has 0 radical (unpaired) electrons. The maximum absolute atomic E-state index is 14.2. The Morgan fingerprint density at radius 2 is 1.91 bits per heavy atom. The van der Waals surface area contributed by atoms with Crippen molar-refractivity contribution in [3.05, 3.63) is 66.0 Å². The predicted octanol–water partition coefficient (Wildman–Crippen LogP) is 3.90. The number of aryl methyl sites for hydroxylation is 1. The molecule has 4 heteroatoms. The molecule has 0 amide bonds. The molecule has 3 nitrogen and oxygen atoms in total. The highest BCUT2D eigenvalue weighted by atomic mass is 19.1. The molecular formula is C19H19FO3. The number of aliphatic hydroxyl groups excluding tert-OH is 1. The summed E-state index contributed by atoms with van der Waals surface area (Å²) in [6.45, 7) is 5.17. The molecule has 0 saturated carbocycles. The second kappa shape index (κ2) is 7.70. The van der Waals surface area contributed by atoms with Gasteiger partial charge in [-0.05, 0) is 43.0 Å². The summed E-state index contributed by atoms with van der Waals surface area (Å²) in [7, 11) is 0. The van der Waals surface area contributed by atoms with E-state index in [0.717, 1.165) is 17.5 Å². The van der Waals surface area contributed by atoms with Crippen LogP contribution in [0.4, 0.5) is 4.39 Å². The zero-order valence-corrected chi connectivity index (χ0v) is 13.0. The lowest BCUT2D eigenvalue weighted by Gasteiger charge is -2.08. The average Bonchev–Trinajstić information content (AvgIpc) is 2.53. The number of carbonyl (C=O) groups excluding carboxylic acids is 1. The number of hydrogen-bond donors (Lipinski definition) is 1. The second-order valence-electron chi connectivity index (χ2n) is 5.34. The number of benzene rings is 2. The van der Waals surface area contributed by atoms with Crippen molar-refractivity contribution in [1.29, 1.82) is 0 Å². The molecule has 0 aliphatic carbocycles. The van der Waals surface area contributed by atoms with Crippen molar-refractivity contribution in [1.82, 2.24) is 0 Å². The quantitative estimate of drug-likeness (QED) is 0.500. The summed E-state index contributed by atoms with van der Waals surface area (Å²) in [4.78, 5) is 11.4. The fraction of sp³-hybridized carbons (Fsp3) is 0.211. The van der Waals surface area contributed by atoms with Gasteiger partial charge in [-0.3, -0.25) is 0 Å². The minimum absolute atomic E-state index is 0.152. The zero-order valence-electron chi connectivity index (χ0n) is 13.0. The number of carbonyl (C=O) groups is 1. The van der Waals surface area contributed by atoms with E-state index in [-0.39, 0.29) is 17.9 Å². The van der Waals surface area contributed by atoms with Crippen LogP contribution in [0.1, 0.15) is 18.9 Å². The van der Waals surface area contributed by atoms with Gasteiger partial charge in [0, 0.05) is 23.8 Å². The van der Waals surface area contributed by atoms with Crippen molar-refractivity contribution in [2.24, 2.45) is 0 Å². The fourth-order valence-electron chi connectivity index (χ4n) is 2.12. The highest BCUT2D eigenvalue weighted by Gasteiger charge is 2.10. The first-order valence-electron chi connectivity index (χ1n) is 7.38. The molecule has 2 rings (SSSR count). The first-order valence-corrected chi connectivity index (χ1v) is 7.38. The van der Waals surface area contributed by atoms with Gasteiger partial charge in [0.25, 0.3) is 0 Å². The van der Waals surface area contributed by atoms with E-state index in [1.165, 1.54) is 13.0 Å². The van der Waals surface area contributed by atoms with Gasteiger partial charge in [-0.2, -0.15) is 0 Å². The van der Waals surface area contributed by atoms with E-state index in [1.54, 1.807) is 12.1 Å². The lowest BCUT2D eigenvalue weighted by atomic mass is 10.0. The maximum Gasteiger partial charge on any atom is 0.338 e. The lowest BCUT2D eigenvalue weighted by molar-refractivity contribution is -0.130. The smallest absolute Gasteiger partial charge is 0.338 e. The summed E-state index contributed by atoms with van der Waals surface area (Å²) in [5.74, 6) is -0.885. The first kappa shape index (κ1) is 16.9. The fourth-order valence-corrected chi connectivity index (χ4v) is 2.12. The lowest BCUT2D eigenvalue weighted by Crippen LogP contribution is -2.08. The topological polar surface area (TPSA) is 46.5 Å². The molecule has 0 aliphatic rings. The Balaban J connectivity index is 2.17. The van der Waals surface area contributed by atoms with E-state index >= 15 is 0 Å². The van der Waals surface area contributed by atoms with Crippen LogP contribution in [0, 0.1) is 5.82 Å². The Bertz CT molecular complexity index is 705. The third-order valence-corrected chi connectivity index (χ3v) is 3.39. The van der Waals surface area contributed by atoms with Crippen LogP contribution in [0.15, 0.2) is 54.6 Å². The van der Waals surface area contributed by atoms with Crippen molar-refractivity contribution in [2.45, 2.75) is 19.8 Å². The Morgan fingerprint density at radius 1 is 1.22 bits per heavy atom. The standard InChI is InChI=1S/C19H19FO3/c1-13(2)19(22)23-16-9-10-17(18(20)12-16)15-7-5-14(6-8-15)4-3-11-21/h5-10,12,21H,1,3-4,11H2,2H3. The number of hydrogen-bond acceptors (Lipinski definition) is 3. The van der Waals surface area contributed by atoms with E-state index in [4.69, 9.17) is 9.84 Å². The molecular weight excluding hydrogens is 295 g/mol. The van der Waals surface area contributed by atoms with Crippen molar-refractivity contribution >= 4 is 5.97 Å². The molecule has 0 fully saturated rings. The van der Waals surface area contributed by atoms with Gasteiger partial charge in [0.05, 0.1) is 0 Å². The Kier molecular flexibility index (Phi) is 5.66. The van der Waals surface area contributed by atoms with E-state index in [0.29, 0.717) is 12.0 Å². The molecule has 2 aromatic rings. The molecule has 0 bridgehead atoms. The monoisotopic (exact) mass is 314 g/mol. The van der Waals surface area contributed by atoms with Gasteiger partial charge in [-0.1, -0.05) is 30.8 Å². The van der Waals surface area contributed by atoms with Gasteiger partial charge in [-0.25, -0.2) is 9.18 Å². The van der Waals surface area contributed by atoms with Gasteiger partial charge in [0.1, 0.15) is 11.6 Å². The largest absolute Gasteiger partial charge is 0.423 e. The Morgan fingerprint density at radius 3 is 2.48 bits per heavy atom. The van der Waals surface area contributed by atoms with Crippen molar-refractivity contribution in [3.8, 4) is 16.9 Å². The molecule has 0 aliphatic heterocycles. The SMILES string of the molecule is C=C(C)C(=O)Oc1ccc(-c2ccc(CCCO)cc2)c(F)c1. The summed E-state index contributed by atoms with van der Waals surface area (Å²) >= 11 is 0. The van der Waals surface area contributed by atoms with Crippen LogP contribution >= 0.6 is 0 Å². The van der Waals surface area contributed by atoms with Crippen LogP contribution in [0.2, 0.25) is 0 Å². The summed E-state index contributed by atoms with van der Waals surface area (Å²) in [5.41, 5.74) is 2.53. The molecule has 0 spiro atoms. The van der Waals surface area contributed by atoms with E-state index in [9.17, 15) is 9.18 Å². The van der Waals surface area contributed by atoms with Gasteiger partial charge < -0.3 is 9.84 Å². The van der Waals surface area contributed by atoms with E-state index < -0.39 is 11.8 Å². The van der Waals surface area contributed by atoms with Gasteiger partial charge in [0.2, 0.25) is 0 Å². The Hall–Kier alpha value is -2.46. The second-order valence-corrected chi connectivity index (χ2v) is 5.34. The highest BCUT2D eigenvalue weighted by Crippen LogP contribution is 2.27. The van der Waals surface area contributed by atoms with E-state index in [1.807, 2.05) is 24.3 Å². The molecule has 0 heterocycles.